The highest BCUT2D eigenvalue weighted by atomic mass is 32.2. The Hall–Kier alpha value is -3.46. The van der Waals surface area contributed by atoms with Crippen LogP contribution in [0.5, 0.6) is 0 Å². The van der Waals surface area contributed by atoms with E-state index in [4.69, 9.17) is 0 Å². The quantitative estimate of drug-likeness (QED) is 0.410. The number of benzene rings is 2. The van der Waals surface area contributed by atoms with E-state index in [2.05, 4.69) is 16.9 Å². The van der Waals surface area contributed by atoms with Crippen molar-refractivity contribution in [2.45, 2.75) is 18.6 Å². The Kier molecular flexibility index (Phi) is 6.63. The minimum Gasteiger partial charge on any atom is -0.326 e. The van der Waals surface area contributed by atoms with Gasteiger partial charge in [0.15, 0.2) is 5.17 Å². The zero-order chi connectivity index (χ0) is 21.7. The fourth-order valence-electron chi connectivity index (χ4n) is 2.86. The Morgan fingerprint density at radius 3 is 2.63 bits per heavy atom. The second kappa shape index (κ2) is 9.36. The number of aliphatic imine (C=N–C) groups is 1. The van der Waals surface area contributed by atoms with Crippen LogP contribution in [0.25, 0.3) is 0 Å². The van der Waals surface area contributed by atoms with Gasteiger partial charge in [0.25, 0.3) is 5.69 Å². The lowest BCUT2D eigenvalue weighted by Gasteiger charge is -2.14. The Labute approximate surface area is 177 Å². The summed E-state index contributed by atoms with van der Waals surface area (Å²) in [6, 6.07) is 13.1. The first-order valence-corrected chi connectivity index (χ1v) is 10.0. The minimum absolute atomic E-state index is 0.0408. The van der Waals surface area contributed by atoms with E-state index in [1.54, 1.807) is 6.08 Å². The number of rotatable bonds is 7. The zero-order valence-corrected chi connectivity index (χ0v) is 17.1. The van der Waals surface area contributed by atoms with E-state index >= 15 is 0 Å². The summed E-state index contributed by atoms with van der Waals surface area (Å²) < 4.78 is 0. The molecule has 0 aromatic heterocycles. The van der Waals surface area contributed by atoms with Crippen molar-refractivity contribution in [3.63, 3.8) is 0 Å². The summed E-state index contributed by atoms with van der Waals surface area (Å²) >= 11 is 1.24. The highest BCUT2D eigenvalue weighted by molar-refractivity contribution is 8.15. The van der Waals surface area contributed by atoms with Gasteiger partial charge in [-0.25, -0.2) is 4.99 Å². The highest BCUT2D eigenvalue weighted by Crippen LogP contribution is 2.32. The van der Waals surface area contributed by atoms with E-state index in [9.17, 15) is 19.7 Å². The minimum atomic E-state index is -0.606. The molecule has 1 unspecified atom stereocenters. The van der Waals surface area contributed by atoms with Crippen LogP contribution in [-0.2, 0) is 9.59 Å². The fourth-order valence-corrected chi connectivity index (χ4v) is 4.02. The van der Waals surface area contributed by atoms with Crippen molar-refractivity contribution in [2.24, 2.45) is 4.99 Å². The highest BCUT2D eigenvalue weighted by Gasteiger charge is 2.38. The molecule has 0 aliphatic carbocycles. The second-order valence-corrected chi connectivity index (χ2v) is 7.75. The van der Waals surface area contributed by atoms with Crippen LogP contribution in [0.15, 0.2) is 66.2 Å². The fraction of sp³-hybridized carbons (Fsp3) is 0.190. The molecule has 0 bridgehead atoms. The van der Waals surface area contributed by atoms with Crippen LogP contribution < -0.4 is 5.32 Å². The molecular formula is C21H20N4O4S. The third-order valence-electron chi connectivity index (χ3n) is 4.40. The average Bonchev–Trinajstić information content (AvgIpc) is 2.99. The maximum Gasteiger partial charge on any atom is 0.269 e. The standard InChI is InChI=1S/C21H20N4O4S/c1-3-12-24-20(27)18(30-21(24)23-17-7-5-4-6-14(17)2)13-19(26)22-15-8-10-16(11-9-15)25(28)29/h3-11,18H,1,12-13H2,2H3,(H,22,26). The van der Waals surface area contributed by atoms with Crippen LogP contribution in [0.4, 0.5) is 17.1 Å². The van der Waals surface area contributed by atoms with Crippen LogP contribution in [0.3, 0.4) is 0 Å². The van der Waals surface area contributed by atoms with Gasteiger partial charge in [-0.2, -0.15) is 0 Å². The molecule has 154 valence electrons. The zero-order valence-electron chi connectivity index (χ0n) is 16.3. The van der Waals surface area contributed by atoms with Gasteiger partial charge < -0.3 is 5.32 Å². The topological polar surface area (TPSA) is 105 Å². The van der Waals surface area contributed by atoms with E-state index in [0.717, 1.165) is 11.3 Å². The molecule has 3 rings (SSSR count). The van der Waals surface area contributed by atoms with Gasteiger partial charge >= 0.3 is 0 Å². The van der Waals surface area contributed by atoms with Crippen molar-refractivity contribution >= 4 is 45.8 Å². The summed E-state index contributed by atoms with van der Waals surface area (Å²) in [7, 11) is 0. The van der Waals surface area contributed by atoms with Gasteiger partial charge in [-0.1, -0.05) is 36.0 Å². The Morgan fingerprint density at radius 1 is 1.30 bits per heavy atom. The number of amidine groups is 1. The smallest absolute Gasteiger partial charge is 0.269 e. The van der Waals surface area contributed by atoms with Gasteiger partial charge in [0, 0.05) is 30.8 Å². The predicted octanol–water partition coefficient (Wildman–Crippen LogP) is 4.05. The number of nitrogens with one attached hydrogen (secondary N) is 1. The monoisotopic (exact) mass is 424 g/mol. The Balaban J connectivity index is 1.72. The van der Waals surface area contributed by atoms with Crippen molar-refractivity contribution < 1.29 is 14.5 Å². The number of thioether (sulfide) groups is 1. The average molecular weight is 424 g/mol. The summed E-state index contributed by atoms with van der Waals surface area (Å²) in [5.41, 5.74) is 2.11. The van der Waals surface area contributed by atoms with E-state index in [1.165, 1.54) is 40.9 Å². The maximum atomic E-state index is 12.8. The number of para-hydroxylation sites is 1. The lowest BCUT2D eigenvalue weighted by atomic mass is 10.2. The van der Waals surface area contributed by atoms with Crippen LogP contribution in [0, 0.1) is 17.0 Å². The molecule has 30 heavy (non-hydrogen) atoms. The van der Waals surface area contributed by atoms with Gasteiger partial charge in [-0.05, 0) is 30.7 Å². The first-order valence-electron chi connectivity index (χ1n) is 9.16. The van der Waals surface area contributed by atoms with Gasteiger partial charge in [0.05, 0.1) is 10.6 Å². The number of nitrogens with zero attached hydrogens (tertiary/aromatic N) is 3. The molecule has 1 fully saturated rings. The molecule has 0 saturated carbocycles. The summed E-state index contributed by atoms with van der Waals surface area (Å²) in [5.74, 6) is -0.559. The largest absolute Gasteiger partial charge is 0.326 e. The number of non-ortho nitro benzene ring substituents is 1. The second-order valence-electron chi connectivity index (χ2n) is 6.58. The molecule has 0 radical (unpaired) electrons. The molecular weight excluding hydrogens is 404 g/mol. The molecule has 2 aromatic rings. The van der Waals surface area contributed by atoms with Crippen molar-refractivity contribution in [2.75, 3.05) is 11.9 Å². The molecule has 9 heteroatoms. The number of nitro groups is 1. The van der Waals surface area contributed by atoms with Gasteiger partial charge in [0.2, 0.25) is 11.8 Å². The number of aryl methyl sites for hydroxylation is 1. The molecule has 1 aliphatic rings. The summed E-state index contributed by atoms with van der Waals surface area (Å²) in [4.78, 5) is 41.6. The van der Waals surface area contributed by atoms with Crippen molar-refractivity contribution in [3.05, 3.63) is 76.9 Å². The Morgan fingerprint density at radius 2 is 2.00 bits per heavy atom. The van der Waals surface area contributed by atoms with Crippen molar-refractivity contribution in [1.29, 1.82) is 0 Å². The van der Waals surface area contributed by atoms with Gasteiger partial charge in [0.1, 0.15) is 5.25 Å². The first kappa shape index (κ1) is 21.3. The summed E-state index contributed by atoms with van der Waals surface area (Å²) in [6.45, 7) is 5.93. The molecule has 8 nitrogen and oxygen atoms in total. The van der Waals surface area contributed by atoms with E-state index in [1.807, 2.05) is 31.2 Å². The van der Waals surface area contributed by atoms with Crippen molar-refractivity contribution in [1.82, 2.24) is 4.90 Å². The van der Waals surface area contributed by atoms with Gasteiger partial charge in [-0.15, -0.1) is 6.58 Å². The SMILES string of the molecule is C=CCN1C(=O)C(CC(=O)Nc2ccc([N+](=O)[O-])cc2)SC1=Nc1ccccc1C. The number of carbonyl (C=O) groups excluding carboxylic acids is 2. The molecule has 2 amide bonds. The third-order valence-corrected chi connectivity index (χ3v) is 5.57. The predicted molar refractivity (Wildman–Crippen MR) is 118 cm³/mol. The molecule has 1 aliphatic heterocycles. The molecule has 2 aromatic carbocycles. The van der Waals surface area contributed by atoms with Crippen LogP contribution in [0.2, 0.25) is 0 Å². The van der Waals surface area contributed by atoms with Crippen LogP contribution in [0.1, 0.15) is 12.0 Å². The molecule has 1 N–H and O–H groups in total. The van der Waals surface area contributed by atoms with Crippen LogP contribution >= 0.6 is 11.8 Å². The normalized spacial score (nSPS) is 17.2. The molecule has 1 saturated heterocycles. The Bertz CT molecular complexity index is 1020. The number of anilines is 1. The first-order chi connectivity index (χ1) is 14.4. The summed E-state index contributed by atoms with van der Waals surface area (Å²) in [6.07, 6.45) is 1.58. The molecule has 1 atom stereocenters. The maximum absolute atomic E-state index is 12.8. The van der Waals surface area contributed by atoms with Crippen molar-refractivity contribution in [3.8, 4) is 0 Å². The lowest BCUT2D eigenvalue weighted by molar-refractivity contribution is -0.384. The number of carbonyl (C=O) groups is 2. The number of hydrogen-bond acceptors (Lipinski definition) is 6. The van der Waals surface area contributed by atoms with Gasteiger partial charge in [-0.3, -0.25) is 24.6 Å². The third kappa shape index (κ3) is 4.93. The number of hydrogen-bond donors (Lipinski definition) is 1. The van der Waals surface area contributed by atoms with Crippen LogP contribution in [-0.4, -0.2) is 38.6 Å². The lowest BCUT2D eigenvalue weighted by Crippen LogP contribution is -2.33. The van der Waals surface area contributed by atoms with E-state index in [-0.39, 0.29) is 23.9 Å². The number of nitro benzene ring substituents is 1. The van der Waals surface area contributed by atoms with E-state index < -0.39 is 10.2 Å². The summed E-state index contributed by atoms with van der Waals surface area (Å²) in [5, 5.41) is 13.3. The van der Waals surface area contributed by atoms with E-state index in [0.29, 0.717) is 17.4 Å². The molecule has 1 heterocycles. The molecule has 0 spiro atoms. The number of amides is 2.